The van der Waals surface area contributed by atoms with Crippen molar-refractivity contribution in [3.63, 3.8) is 0 Å². The van der Waals surface area contributed by atoms with E-state index in [1.54, 1.807) is 6.08 Å². The second kappa shape index (κ2) is 34.1. The molecule has 0 aliphatic rings. The minimum Gasteiger partial charge on any atom is -0.394 e. The SMILES string of the molecule is CCCCCCCC/C=C/CC/C=C/CC/C=C/C(O)C(CO)NC(=O)CCCCCCCCCCCCCCCC. The predicted octanol–water partition coefficient (Wildman–Crippen LogP) is 10.7. The minimum atomic E-state index is -0.865. The van der Waals surface area contributed by atoms with E-state index in [-0.39, 0.29) is 12.5 Å². The predicted molar refractivity (Wildman–Crippen MR) is 184 cm³/mol. The monoisotopic (exact) mass is 590 g/mol. The number of rotatable bonds is 32. The Hall–Kier alpha value is -1.39. The summed E-state index contributed by atoms with van der Waals surface area (Å²) in [7, 11) is 0. The van der Waals surface area contributed by atoms with Crippen LogP contribution < -0.4 is 5.32 Å². The Morgan fingerprint density at radius 1 is 0.548 bits per heavy atom. The first-order valence-electron chi connectivity index (χ1n) is 18.2. The molecule has 0 aromatic carbocycles. The number of nitrogens with one attached hydrogen (secondary N) is 1. The highest BCUT2D eigenvalue weighted by atomic mass is 16.3. The van der Waals surface area contributed by atoms with Crippen molar-refractivity contribution in [2.75, 3.05) is 6.61 Å². The van der Waals surface area contributed by atoms with Gasteiger partial charge in [0, 0.05) is 6.42 Å². The van der Waals surface area contributed by atoms with Crippen LogP contribution in [0.15, 0.2) is 36.5 Å². The van der Waals surface area contributed by atoms with Gasteiger partial charge in [-0.15, -0.1) is 0 Å². The number of aliphatic hydroxyl groups is 2. The fourth-order valence-electron chi connectivity index (χ4n) is 5.27. The summed E-state index contributed by atoms with van der Waals surface area (Å²) in [6.07, 6.45) is 43.7. The Morgan fingerprint density at radius 2 is 0.929 bits per heavy atom. The molecule has 0 aliphatic carbocycles. The molecule has 42 heavy (non-hydrogen) atoms. The first-order valence-corrected chi connectivity index (χ1v) is 18.2. The molecule has 0 saturated carbocycles. The number of aliphatic hydroxyl groups excluding tert-OH is 2. The molecule has 0 rings (SSSR count). The Balaban J connectivity index is 3.70. The van der Waals surface area contributed by atoms with Gasteiger partial charge in [-0.1, -0.05) is 166 Å². The summed E-state index contributed by atoms with van der Waals surface area (Å²) in [6, 6.07) is -0.640. The molecule has 0 saturated heterocycles. The van der Waals surface area contributed by atoms with Crippen LogP contribution in [0.1, 0.15) is 181 Å². The van der Waals surface area contributed by atoms with E-state index in [4.69, 9.17) is 0 Å². The Kier molecular flexibility index (Phi) is 33.0. The topological polar surface area (TPSA) is 69.6 Å². The van der Waals surface area contributed by atoms with Crippen molar-refractivity contribution in [2.45, 2.75) is 193 Å². The van der Waals surface area contributed by atoms with Crippen molar-refractivity contribution in [1.29, 1.82) is 0 Å². The number of allylic oxidation sites excluding steroid dienone is 5. The van der Waals surface area contributed by atoms with Crippen LogP contribution in [0.2, 0.25) is 0 Å². The Morgan fingerprint density at radius 3 is 1.38 bits per heavy atom. The highest BCUT2D eigenvalue weighted by Crippen LogP contribution is 2.13. The molecule has 1 amide bonds. The van der Waals surface area contributed by atoms with Crippen LogP contribution in [0.5, 0.6) is 0 Å². The van der Waals surface area contributed by atoms with E-state index in [2.05, 4.69) is 43.5 Å². The molecule has 2 atom stereocenters. The molecule has 0 aromatic heterocycles. The number of amides is 1. The molecule has 2 unspecified atom stereocenters. The second-order valence-electron chi connectivity index (χ2n) is 12.3. The van der Waals surface area contributed by atoms with Crippen molar-refractivity contribution < 1.29 is 15.0 Å². The van der Waals surface area contributed by atoms with E-state index >= 15 is 0 Å². The summed E-state index contributed by atoms with van der Waals surface area (Å²) < 4.78 is 0. The highest BCUT2D eigenvalue weighted by molar-refractivity contribution is 5.76. The van der Waals surface area contributed by atoms with Gasteiger partial charge in [-0.3, -0.25) is 4.79 Å². The van der Waals surface area contributed by atoms with Crippen LogP contribution in [0.4, 0.5) is 0 Å². The molecule has 0 fully saturated rings. The van der Waals surface area contributed by atoms with Crippen LogP contribution >= 0.6 is 0 Å². The van der Waals surface area contributed by atoms with Gasteiger partial charge in [-0.05, 0) is 44.9 Å². The molecular formula is C38H71NO3. The molecule has 0 aromatic rings. The Bertz CT molecular complexity index is 642. The van der Waals surface area contributed by atoms with Gasteiger partial charge in [0.2, 0.25) is 5.91 Å². The van der Waals surface area contributed by atoms with Gasteiger partial charge in [0.05, 0.1) is 18.8 Å². The zero-order valence-corrected chi connectivity index (χ0v) is 28.0. The summed E-state index contributed by atoms with van der Waals surface area (Å²) in [5.74, 6) is -0.0793. The van der Waals surface area contributed by atoms with Gasteiger partial charge >= 0.3 is 0 Å². The van der Waals surface area contributed by atoms with Crippen LogP contribution in [0.3, 0.4) is 0 Å². The molecule has 0 aliphatic heterocycles. The van der Waals surface area contributed by atoms with Crippen molar-refractivity contribution in [3.05, 3.63) is 36.5 Å². The lowest BCUT2D eigenvalue weighted by Gasteiger charge is -2.19. The maximum absolute atomic E-state index is 12.3. The van der Waals surface area contributed by atoms with E-state index in [0.717, 1.165) is 38.5 Å². The van der Waals surface area contributed by atoms with Crippen LogP contribution in [0.25, 0.3) is 0 Å². The van der Waals surface area contributed by atoms with Gasteiger partial charge in [0.25, 0.3) is 0 Å². The average molecular weight is 590 g/mol. The fourth-order valence-corrected chi connectivity index (χ4v) is 5.27. The lowest BCUT2D eigenvalue weighted by Crippen LogP contribution is -2.45. The van der Waals surface area contributed by atoms with E-state index in [1.807, 2.05) is 6.08 Å². The summed E-state index contributed by atoms with van der Waals surface area (Å²) in [5, 5.41) is 22.8. The van der Waals surface area contributed by atoms with E-state index in [0.29, 0.717) is 6.42 Å². The molecule has 4 heteroatoms. The van der Waals surface area contributed by atoms with Gasteiger partial charge < -0.3 is 15.5 Å². The molecular weight excluding hydrogens is 518 g/mol. The third-order valence-corrected chi connectivity index (χ3v) is 8.10. The van der Waals surface area contributed by atoms with Crippen LogP contribution in [-0.2, 0) is 4.79 Å². The zero-order valence-electron chi connectivity index (χ0n) is 28.0. The normalized spacial score (nSPS) is 13.5. The molecule has 0 heterocycles. The van der Waals surface area contributed by atoms with Crippen molar-refractivity contribution >= 4 is 5.91 Å². The largest absolute Gasteiger partial charge is 0.394 e. The summed E-state index contributed by atoms with van der Waals surface area (Å²) in [4.78, 5) is 12.3. The zero-order chi connectivity index (χ0) is 30.8. The number of hydrogen-bond acceptors (Lipinski definition) is 3. The van der Waals surface area contributed by atoms with E-state index in [1.165, 1.54) is 122 Å². The van der Waals surface area contributed by atoms with Crippen LogP contribution in [-0.4, -0.2) is 34.9 Å². The van der Waals surface area contributed by atoms with Crippen molar-refractivity contribution in [2.24, 2.45) is 0 Å². The van der Waals surface area contributed by atoms with Crippen LogP contribution in [0, 0.1) is 0 Å². The Labute approximate surface area is 261 Å². The number of carbonyl (C=O) groups is 1. The van der Waals surface area contributed by atoms with Gasteiger partial charge in [0.1, 0.15) is 0 Å². The molecule has 0 radical (unpaired) electrons. The molecule has 4 nitrogen and oxygen atoms in total. The fraction of sp³-hybridized carbons (Fsp3) is 0.816. The minimum absolute atomic E-state index is 0.0793. The van der Waals surface area contributed by atoms with E-state index < -0.39 is 12.1 Å². The number of carbonyl (C=O) groups excluding carboxylic acids is 1. The quantitative estimate of drug-likeness (QED) is 0.0540. The lowest BCUT2D eigenvalue weighted by atomic mass is 10.0. The molecule has 0 spiro atoms. The van der Waals surface area contributed by atoms with Gasteiger partial charge in [-0.25, -0.2) is 0 Å². The smallest absolute Gasteiger partial charge is 0.220 e. The maximum Gasteiger partial charge on any atom is 0.220 e. The average Bonchev–Trinajstić information content (AvgIpc) is 2.99. The first kappa shape index (κ1) is 40.6. The number of unbranched alkanes of at least 4 members (excludes halogenated alkanes) is 21. The summed E-state index contributed by atoms with van der Waals surface area (Å²) in [5.41, 5.74) is 0. The second-order valence-corrected chi connectivity index (χ2v) is 12.3. The van der Waals surface area contributed by atoms with Gasteiger partial charge in [-0.2, -0.15) is 0 Å². The van der Waals surface area contributed by atoms with Crippen molar-refractivity contribution in [3.8, 4) is 0 Å². The standard InChI is InChI=1S/C38H71NO3/c1-3-5-7-9-11-13-15-17-19-20-21-23-25-27-29-31-33-37(41)36(35-40)39-38(42)34-32-30-28-26-24-22-18-16-14-12-10-8-6-4-2/h17,19,23,25,31,33,36-37,40-41H,3-16,18,20-22,24,26-30,32,34-35H2,1-2H3,(H,39,42)/b19-17+,25-23+,33-31+. The number of hydrogen-bond donors (Lipinski definition) is 3. The lowest BCUT2D eigenvalue weighted by molar-refractivity contribution is -0.123. The molecule has 3 N–H and O–H groups in total. The molecule has 0 bridgehead atoms. The van der Waals surface area contributed by atoms with Gasteiger partial charge in [0.15, 0.2) is 0 Å². The third-order valence-electron chi connectivity index (χ3n) is 8.10. The summed E-state index contributed by atoms with van der Waals surface area (Å²) >= 11 is 0. The summed E-state index contributed by atoms with van der Waals surface area (Å²) in [6.45, 7) is 4.27. The third kappa shape index (κ3) is 30.1. The first-order chi connectivity index (χ1) is 20.7. The van der Waals surface area contributed by atoms with E-state index in [9.17, 15) is 15.0 Å². The maximum atomic E-state index is 12.3. The highest BCUT2D eigenvalue weighted by Gasteiger charge is 2.17. The molecule has 246 valence electrons. The van der Waals surface area contributed by atoms with Crippen molar-refractivity contribution in [1.82, 2.24) is 5.32 Å².